The maximum Gasteiger partial charge on any atom is 1.00 e. The van der Waals surface area contributed by atoms with Crippen LogP contribution in [-0.2, 0) is 38.8 Å². The normalized spacial score (nSPS) is 17.0. The van der Waals surface area contributed by atoms with Gasteiger partial charge in [0.15, 0.2) is 0 Å². The van der Waals surface area contributed by atoms with Crippen molar-refractivity contribution in [1.29, 1.82) is 0 Å². The molecule has 0 aliphatic carbocycles. The molecule has 13 nitrogen and oxygen atoms in total. The second kappa shape index (κ2) is 10.7. The fraction of sp³-hybridized carbons (Fsp3) is 0.750. The maximum atomic E-state index is 12.0. The van der Waals surface area contributed by atoms with E-state index in [4.69, 9.17) is 9.11 Å². The minimum absolute atomic E-state index is 0. The first kappa shape index (κ1) is 26.0. The van der Waals surface area contributed by atoms with Crippen molar-refractivity contribution < 1.29 is 83.7 Å². The number of amides is 1. The third kappa shape index (κ3) is 11.4. The summed E-state index contributed by atoms with van der Waals surface area (Å²) in [6.07, 6.45) is -7.29. The quantitative estimate of drug-likeness (QED) is 0.152. The standard InChI is InChI=1S/C8H14NO12S2.Na/c1-4(11)9-5(2-10)7(13)8(21-23(17,18)19)6(12)3-20-22(14,15)16;/h2,5-8,12H,3H2,1H3,(H,9,11)(H,14,15,16)(H,17,18,19);/q-1;+1. The number of rotatable bonds is 10. The summed E-state index contributed by atoms with van der Waals surface area (Å²) in [7, 11) is -10.3. The molecule has 0 saturated carbocycles. The molecule has 4 unspecified atom stereocenters. The Morgan fingerprint density at radius 1 is 1.25 bits per heavy atom. The SMILES string of the molecule is CC(=O)NC(C=O)C([O-])C(OS(=O)(=O)O)C(O)COS(=O)(=O)O.[Na+]. The zero-order valence-electron chi connectivity index (χ0n) is 12.4. The van der Waals surface area contributed by atoms with Crippen LogP contribution >= 0.6 is 0 Å². The molecule has 0 radical (unpaired) electrons. The number of aliphatic hydroxyl groups is 1. The Labute approximate surface area is 159 Å². The van der Waals surface area contributed by atoms with Gasteiger partial charge in [0.1, 0.15) is 12.4 Å². The van der Waals surface area contributed by atoms with E-state index in [2.05, 4.69) is 8.37 Å². The second-order valence-corrected chi connectivity index (χ2v) is 6.23. The smallest absolute Gasteiger partial charge is 0.848 e. The predicted molar refractivity (Wildman–Crippen MR) is 67.4 cm³/mol. The van der Waals surface area contributed by atoms with Gasteiger partial charge in [0, 0.05) is 6.92 Å². The topological polar surface area (TPSA) is 217 Å². The molecule has 0 aromatic heterocycles. The van der Waals surface area contributed by atoms with Crippen molar-refractivity contribution in [2.24, 2.45) is 0 Å². The summed E-state index contributed by atoms with van der Waals surface area (Å²) in [5, 5.41) is 23.3. The molecular weight excluding hydrogens is 389 g/mol. The van der Waals surface area contributed by atoms with E-state index in [9.17, 15) is 36.6 Å². The number of aliphatic hydroxyl groups excluding tert-OH is 1. The van der Waals surface area contributed by atoms with Gasteiger partial charge in [0.2, 0.25) is 5.91 Å². The van der Waals surface area contributed by atoms with Crippen LogP contribution < -0.4 is 40.0 Å². The molecule has 0 saturated heterocycles. The maximum absolute atomic E-state index is 12.0. The molecule has 4 atom stereocenters. The molecule has 24 heavy (non-hydrogen) atoms. The van der Waals surface area contributed by atoms with E-state index in [0.717, 1.165) is 6.92 Å². The van der Waals surface area contributed by atoms with Crippen LogP contribution in [0.15, 0.2) is 0 Å². The van der Waals surface area contributed by atoms with E-state index >= 15 is 0 Å². The molecule has 0 fully saturated rings. The average Bonchev–Trinajstić information content (AvgIpc) is 2.36. The van der Waals surface area contributed by atoms with Crippen molar-refractivity contribution in [3.05, 3.63) is 0 Å². The summed E-state index contributed by atoms with van der Waals surface area (Å²) in [5.74, 6) is -0.850. The molecule has 16 heteroatoms. The van der Waals surface area contributed by atoms with Crippen LogP contribution in [0.2, 0.25) is 0 Å². The molecule has 0 aliphatic heterocycles. The molecule has 0 aromatic rings. The van der Waals surface area contributed by atoms with Crippen molar-refractivity contribution in [2.45, 2.75) is 31.3 Å². The summed E-state index contributed by atoms with van der Waals surface area (Å²) in [6.45, 7) is -0.400. The zero-order valence-corrected chi connectivity index (χ0v) is 16.1. The van der Waals surface area contributed by atoms with Gasteiger partial charge in [-0.05, 0) is 0 Å². The molecule has 0 rings (SSSR count). The van der Waals surface area contributed by atoms with Crippen LogP contribution in [0.3, 0.4) is 0 Å². The van der Waals surface area contributed by atoms with E-state index in [-0.39, 0.29) is 35.8 Å². The summed E-state index contributed by atoms with van der Waals surface area (Å²) < 4.78 is 66.6. The van der Waals surface area contributed by atoms with Crippen LogP contribution in [0, 0.1) is 0 Å². The number of nitrogens with one attached hydrogen (secondary N) is 1. The van der Waals surface area contributed by atoms with Gasteiger partial charge >= 0.3 is 50.4 Å². The Hall–Kier alpha value is -0.200. The Bertz CT molecular complexity index is 619. The van der Waals surface area contributed by atoms with Crippen LogP contribution in [0.1, 0.15) is 6.92 Å². The van der Waals surface area contributed by atoms with Gasteiger partial charge in [0.05, 0.1) is 18.8 Å². The average molecular weight is 403 g/mol. The summed E-state index contributed by atoms with van der Waals surface area (Å²) in [5.41, 5.74) is 0. The van der Waals surface area contributed by atoms with Gasteiger partial charge in [-0.2, -0.15) is 16.8 Å². The minimum atomic E-state index is -5.29. The summed E-state index contributed by atoms with van der Waals surface area (Å²) in [4.78, 5) is 21.6. The van der Waals surface area contributed by atoms with Crippen LogP contribution in [0.4, 0.5) is 0 Å². The first-order valence-electron chi connectivity index (χ1n) is 5.60. The van der Waals surface area contributed by atoms with Gasteiger partial charge in [-0.15, -0.1) is 0 Å². The Morgan fingerprint density at radius 3 is 2.08 bits per heavy atom. The first-order valence-corrected chi connectivity index (χ1v) is 8.33. The van der Waals surface area contributed by atoms with Gasteiger partial charge < -0.3 is 20.3 Å². The summed E-state index contributed by atoms with van der Waals surface area (Å²) >= 11 is 0. The van der Waals surface area contributed by atoms with Crippen LogP contribution in [-0.4, -0.2) is 74.2 Å². The van der Waals surface area contributed by atoms with Crippen LogP contribution in [0.25, 0.3) is 0 Å². The monoisotopic (exact) mass is 403 g/mol. The van der Waals surface area contributed by atoms with Crippen molar-refractivity contribution in [3.63, 3.8) is 0 Å². The third-order valence-electron chi connectivity index (χ3n) is 2.19. The summed E-state index contributed by atoms with van der Waals surface area (Å²) in [6, 6.07) is -1.88. The van der Waals surface area contributed by atoms with E-state index in [1.807, 2.05) is 5.32 Å². The predicted octanol–water partition coefficient (Wildman–Crippen LogP) is -7.21. The minimum Gasteiger partial charge on any atom is -0.848 e. The van der Waals surface area contributed by atoms with Gasteiger partial charge in [-0.3, -0.25) is 13.9 Å². The molecule has 0 spiro atoms. The molecule has 0 aliphatic rings. The van der Waals surface area contributed by atoms with E-state index in [1.54, 1.807) is 0 Å². The number of hydrogen-bond acceptors (Lipinski definition) is 10. The molecule has 0 bridgehead atoms. The van der Waals surface area contributed by atoms with Crippen molar-refractivity contribution in [3.8, 4) is 0 Å². The molecular formula is C8H14NNaO12S2. The molecule has 1 amide bonds. The molecule has 136 valence electrons. The Morgan fingerprint density at radius 2 is 1.75 bits per heavy atom. The van der Waals surface area contributed by atoms with Gasteiger partial charge in [0.25, 0.3) is 0 Å². The third-order valence-corrected chi connectivity index (χ3v) is 3.09. The Kier molecular flexibility index (Phi) is 11.6. The molecule has 0 heterocycles. The Balaban J connectivity index is 0. The van der Waals surface area contributed by atoms with E-state index in [0.29, 0.717) is 0 Å². The fourth-order valence-electron chi connectivity index (χ4n) is 1.36. The van der Waals surface area contributed by atoms with Crippen molar-refractivity contribution in [1.82, 2.24) is 5.32 Å². The molecule has 4 N–H and O–H groups in total. The fourth-order valence-corrected chi connectivity index (χ4v) is 2.19. The largest absolute Gasteiger partial charge is 1.00 e. The number of carbonyl (C=O) groups is 2. The van der Waals surface area contributed by atoms with Gasteiger partial charge in [-0.1, -0.05) is 6.10 Å². The first-order chi connectivity index (χ1) is 10.3. The van der Waals surface area contributed by atoms with Crippen LogP contribution in [0.5, 0.6) is 0 Å². The molecule has 0 aromatic carbocycles. The van der Waals surface area contributed by atoms with E-state index < -0.39 is 57.7 Å². The second-order valence-electron chi connectivity index (χ2n) is 4.10. The van der Waals surface area contributed by atoms with E-state index in [1.165, 1.54) is 0 Å². The number of hydrogen-bond donors (Lipinski definition) is 4. The van der Waals surface area contributed by atoms with Crippen molar-refractivity contribution >= 4 is 33.0 Å². The van der Waals surface area contributed by atoms with Crippen molar-refractivity contribution in [2.75, 3.05) is 6.61 Å². The number of carbonyl (C=O) groups excluding carboxylic acids is 2. The zero-order chi connectivity index (χ0) is 18.4. The number of aldehydes is 1. The van der Waals surface area contributed by atoms with Gasteiger partial charge in [-0.25, -0.2) is 8.37 Å².